The lowest BCUT2D eigenvalue weighted by molar-refractivity contribution is -0.142. The van der Waals surface area contributed by atoms with E-state index in [1.807, 2.05) is 13.0 Å². The lowest BCUT2D eigenvalue weighted by Crippen LogP contribution is -2.54. The van der Waals surface area contributed by atoms with Crippen molar-refractivity contribution in [3.8, 4) is 0 Å². The number of carbonyl (C=O) groups is 2. The number of fused-ring (bicyclic) bond motifs is 3. The highest BCUT2D eigenvalue weighted by Gasteiger charge is 2.60. The number of Topliss-reactive ketones (excluding diaryl/α,β-unsaturated/α-hetero) is 1. The topological polar surface area (TPSA) is 63.6 Å². The van der Waals surface area contributed by atoms with Crippen LogP contribution in [0, 0.1) is 22.7 Å². The van der Waals surface area contributed by atoms with E-state index in [1.165, 1.54) is 18.3 Å². The lowest BCUT2D eigenvalue weighted by atomic mass is 9.53. The number of rotatable bonds is 3. The molecule has 0 bridgehead atoms. The molecular weight excluding hydrogens is 316 g/mol. The smallest absolute Gasteiger partial charge is 0.148 e. The minimum Gasteiger partial charge on any atom is -0.389 e. The number of ketones is 1. The van der Waals surface area contributed by atoms with Gasteiger partial charge >= 0.3 is 0 Å². The van der Waals surface area contributed by atoms with E-state index in [2.05, 4.69) is 20.8 Å². The summed E-state index contributed by atoms with van der Waals surface area (Å²) in [6.07, 6.45) is 3.99. The number of allylic oxidation sites excluding steroid dienone is 3. The van der Waals surface area contributed by atoms with Gasteiger partial charge in [0.05, 0.1) is 6.10 Å². The first-order valence-corrected chi connectivity index (χ1v) is 9.33. The molecule has 3 rings (SSSR count). The molecule has 4 nitrogen and oxygen atoms in total. The van der Waals surface area contributed by atoms with Crippen molar-refractivity contribution < 1.29 is 19.4 Å². The van der Waals surface area contributed by atoms with Gasteiger partial charge in [0.2, 0.25) is 0 Å². The SMILES string of the molecule is CO[C@@H]1C(C=O)=CC[C@@H]2C3=C(C(C)C)CC[C@]3(C)C(=O)C[C@@]2(C)[C@H]1O. The summed E-state index contributed by atoms with van der Waals surface area (Å²) in [5.74, 6) is 0.681. The standard InChI is InChI=1S/C21H30O4/c1-12(2)14-8-9-20(3)16(23)10-21(4)15(17(14)20)7-6-13(11-22)18(25-5)19(21)24/h6,11-12,15,18-19,24H,7-10H2,1-5H3/t15-,18-,19+,20-,21-/m1/s1. The Hall–Kier alpha value is -1.26. The Morgan fingerprint density at radius 3 is 2.60 bits per heavy atom. The molecule has 25 heavy (non-hydrogen) atoms. The summed E-state index contributed by atoms with van der Waals surface area (Å²) in [4.78, 5) is 24.7. The molecule has 1 N–H and O–H groups in total. The molecule has 138 valence electrons. The van der Waals surface area contributed by atoms with Gasteiger partial charge in [-0.1, -0.05) is 38.0 Å². The second-order valence-electron chi connectivity index (χ2n) is 8.74. The van der Waals surface area contributed by atoms with E-state index < -0.39 is 23.0 Å². The molecule has 0 spiro atoms. The van der Waals surface area contributed by atoms with Gasteiger partial charge in [0.25, 0.3) is 0 Å². The largest absolute Gasteiger partial charge is 0.389 e. The zero-order valence-corrected chi connectivity index (χ0v) is 16.0. The number of ether oxygens (including phenoxy) is 1. The van der Waals surface area contributed by atoms with Crippen LogP contribution in [0.4, 0.5) is 0 Å². The van der Waals surface area contributed by atoms with Crippen molar-refractivity contribution in [3.05, 3.63) is 22.8 Å². The number of aldehydes is 1. The molecular formula is C21H30O4. The Bertz CT molecular complexity index is 659. The van der Waals surface area contributed by atoms with Crippen LogP contribution in [0.3, 0.4) is 0 Å². The highest BCUT2D eigenvalue weighted by Crippen LogP contribution is 2.61. The van der Waals surface area contributed by atoms with Gasteiger partial charge in [0, 0.05) is 29.9 Å². The molecule has 0 unspecified atom stereocenters. The van der Waals surface area contributed by atoms with Crippen LogP contribution in [-0.2, 0) is 14.3 Å². The number of methoxy groups -OCH3 is 1. The van der Waals surface area contributed by atoms with Crippen LogP contribution in [-0.4, -0.2) is 36.5 Å². The first-order chi connectivity index (χ1) is 11.7. The normalized spacial score (nSPS) is 41.3. The molecule has 0 aromatic heterocycles. The van der Waals surface area contributed by atoms with Gasteiger partial charge in [0.1, 0.15) is 18.2 Å². The highest BCUT2D eigenvalue weighted by atomic mass is 16.5. The maximum Gasteiger partial charge on any atom is 0.148 e. The molecule has 3 aliphatic rings. The minimum atomic E-state index is -0.878. The summed E-state index contributed by atoms with van der Waals surface area (Å²) in [5.41, 5.74) is 2.07. The molecule has 1 saturated carbocycles. The molecule has 0 radical (unpaired) electrons. The van der Waals surface area contributed by atoms with E-state index in [-0.39, 0.29) is 11.7 Å². The summed E-state index contributed by atoms with van der Waals surface area (Å²) >= 11 is 0. The second-order valence-corrected chi connectivity index (χ2v) is 8.74. The van der Waals surface area contributed by atoms with E-state index in [0.717, 1.165) is 19.1 Å². The Balaban J connectivity index is 2.19. The van der Waals surface area contributed by atoms with Gasteiger partial charge in [0.15, 0.2) is 0 Å². The first-order valence-electron chi connectivity index (χ1n) is 9.33. The number of carbonyl (C=O) groups excluding carboxylic acids is 2. The van der Waals surface area contributed by atoms with Crippen LogP contribution >= 0.6 is 0 Å². The molecule has 0 aliphatic heterocycles. The summed E-state index contributed by atoms with van der Waals surface area (Å²) in [7, 11) is 1.51. The van der Waals surface area contributed by atoms with Gasteiger partial charge in [-0.3, -0.25) is 9.59 Å². The predicted octanol–water partition coefficient (Wildman–Crippen LogP) is 3.24. The fourth-order valence-corrected chi connectivity index (χ4v) is 5.48. The van der Waals surface area contributed by atoms with Gasteiger partial charge < -0.3 is 9.84 Å². The zero-order chi connectivity index (χ0) is 18.6. The van der Waals surface area contributed by atoms with E-state index in [0.29, 0.717) is 24.3 Å². The molecule has 0 saturated heterocycles. The van der Waals surface area contributed by atoms with E-state index >= 15 is 0 Å². The predicted molar refractivity (Wildman–Crippen MR) is 96.0 cm³/mol. The molecule has 0 aromatic rings. The number of hydrogen-bond acceptors (Lipinski definition) is 4. The van der Waals surface area contributed by atoms with E-state index in [4.69, 9.17) is 4.74 Å². The Morgan fingerprint density at radius 2 is 2.04 bits per heavy atom. The maximum atomic E-state index is 13.2. The van der Waals surface area contributed by atoms with Crippen molar-refractivity contribution in [2.45, 2.75) is 65.6 Å². The third-order valence-corrected chi connectivity index (χ3v) is 7.10. The third-order valence-electron chi connectivity index (χ3n) is 7.10. The molecule has 1 fully saturated rings. The number of aliphatic hydroxyl groups excluding tert-OH is 1. The van der Waals surface area contributed by atoms with Gasteiger partial charge in [-0.2, -0.15) is 0 Å². The minimum absolute atomic E-state index is 0.0696. The first kappa shape index (κ1) is 18.5. The Labute approximate surface area is 150 Å². The van der Waals surface area contributed by atoms with Crippen LogP contribution in [0.25, 0.3) is 0 Å². The van der Waals surface area contributed by atoms with Crippen molar-refractivity contribution in [1.29, 1.82) is 0 Å². The highest BCUT2D eigenvalue weighted by molar-refractivity contribution is 5.91. The molecule has 0 amide bonds. The van der Waals surface area contributed by atoms with Gasteiger partial charge in [-0.25, -0.2) is 0 Å². The summed E-state index contributed by atoms with van der Waals surface area (Å²) in [5, 5.41) is 11.2. The molecule has 0 heterocycles. The van der Waals surface area contributed by atoms with Gasteiger partial charge in [-0.15, -0.1) is 0 Å². The third kappa shape index (κ3) is 2.48. The average Bonchev–Trinajstić information content (AvgIpc) is 2.87. The Morgan fingerprint density at radius 1 is 1.36 bits per heavy atom. The molecule has 3 aliphatic carbocycles. The lowest BCUT2D eigenvalue weighted by Gasteiger charge is -2.51. The van der Waals surface area contributed by atoms with Crippen molar-refractivity contribution in [2.24, 2.45) is 22.7 Å². The van der Waals surface area contributed by atoms with Crippen molar-refractivity contribution in [3.63, 3.8) is 0 Å². The zero-order valence-electron chi connectivity index (χ0n) is 16.0. The summed E-state index contributed by atoms with van der Waals surface area (Å²) in [6, 6.07) is 0. The maximum absolute atomic E-state index is 13.2. The van der Waals surface area contributed by atoms with Crippen molar-refractivity contribution >= 4 is 12.1 Å². The number of aliphatic hydroxyl groups is 1. The number of hydrogen-bond donors (Lipinski definition) is 1. The fraction of sp³-hybridized carbons (Fsp3) is 0.714. The van der Waals surface area contributed by atoms with Gasteiger partial charge in [-0.05, 0) is 38.0 Å². The molecule has 0 aromatic carbocycles. The average molecular weight is 346 g/mol. The van der Waals surface area contributed by atoms with Crippen LogP contribution in [0.1, 0.15) is 53.4 Å². The fourth-order valence-electron chi connectivity index (χ4n) is 5.48. The quantitative estimate of drug-likeness (QED) is 0.629. The van der Waals surface area contributed by atoms with Crippen LogP contribution in [0.15, 0.2) is 22.8 Å². The molecule has 5 atom stereocenters. The van der Waals surface area contributed by atoms with E-state index in [9.17, 15) is 14.7 Å². The molecule has 4 heteroatoms. The second kappa shape index (κ2) is 6.17. The summed E-state index contributed by atoms with van der Waals surface area (Å²) in [6.45, 7) is 8.44. The van der Waals surface area contributed by atoms with E-state index in [1.54, 1.807) is 0 Å². The van der Waals surface area contributed by atoms with Crippen LogP contribution < -0.4 is 0 Å². The van der Waals surface area contributed by atoms with Crippen LogP contribution in [0.2, 0.25) is 0 Å². The van der Waals surface area contributed by atoms with Crippen LogP contribution in [0.5, 0.6) is 0 Å². The summed E-state index contributed by atoms with van der Waals surface area (Å²) < 4.78 is 5.47. The monoisotopic (exact) mass is 346 g/mol. The van der Waals surface area contributed by atoms with Crippen molar-refractivity contribution in [1.82, 2.24) is 0 Å². The van der Waals surface area contributed by atoms with Crippen molar-refractivity contribution in [2.75, 3.05) is 7.11 Å². The Kier molecular flexibility index (Phi) is 4.57.